The van der Waals surface area contributed by atoms with E-state index in [9.17, 15) is 4.79 Å². The number of nitrogens with one attached hydrogen (secondary N) is 1. The third kappa shape index (κ3) is 3.57. The molecule has 4 heteroatoms. The fourth-order valence-corrected chi connectivity index (χ4v) is 2.77. The lowest BCUT2D eigenvalue weighted by Crippen LogP contribution is -2.20. The van der Waals surface area contributed by atoms with E-state index in [1.165, 1.54) is 0 Å². The fraction of sp³-hybridized carbons (Fsp3) is 0.0556. The van der Waals surface area contributed by atoms with Crippen LogP contribution in [-0.2, 0) is 4.79 Å². The van der Waals surface area contributed by atoms with Crippen molar-refractivity contribution in [1.82, 2.24) is 0 Å². The standard InChI is InChI=1S/C18H14INO2/c19-14-7-4-8-15(11-14)20-18(21)12-22-17-10-3-6-13-5-1-2-9-16(13)17/h1-11H,12H2,(H,20,21). The Morgan fingerprint density at radius 3 is 2.64 bits per heavy atom. The van der Waals surface area contributed by atoms with E-state index in [1.807, 2.05) is 66.7 Å². The van der Waals surface area contributed by atoms with E-state index in [2.05, 4.69) is 27.9 Å². The summed E-state index contributed by atoms with van der Waals surface area (Å²) in [6.07, 6.45) is 0. The highest BCUT2D eigenvalue weighted by Crippen LogP contribution is 2.25. The van der Waals surface area contributed by atoms with Crippen molar-refractivity contribution in [2.24, 2.45) is 0 Å². The second-order valence-corrected chi connectivity index (χ2v) is 6.07. The molecule has 0 bridgehead atoms. The summed E-state index contributed by atoms with van der Waals surface area (Å²) < 4.78 is 6.74. The Bertz CT molecular complexity index is 812. The summed E-state index contributed by atoms with van der Waals surface area (Å²) in [5, 5.41) is 4.93. The van der Waals surface area contributed by atoms with Crippen LogP contribution in [0.15, 0.2) is 66.7 Å². The van der Waals surface area contributed by atoms with Gasteiger partial charge in [0.25, 0.3) is 5.91 Å². The lowest BCUT2D eigenvalue weighted by Gasteiger charge is -2.10. The van der Waals surface area contributed by atoms with Crippen LogP contribution in [-0.4, -0.2) is 12.5 Å². The number of anilines is 1. The second-order valence-electron chi connectivity index (χ2n) is 4.82. The lowest BCUT2D eigenvalue weighted by molar-refractivity contribution is -0.118. The Morgan fingerprint density at radius 1 is 1.00 bits per heavy atom. The average molecular weight is 403 g/mol. The number of rotatable bonds is 4. The zero-order valence-electron chi connectivity index (χ0n) is 11.8. The van der Waals surface area contributed by atoms with E-state index in [1.54, 1.807) is 0 Å². The maximum Gasteiger partial charge on any atom is 0.262 e. The molecule has 0 saturated heterocycles. The summed E-state index contributed by atoms with van der Waals surface area (Å²) in [7, 11) is 0. The highest BCUT2D eigenvalue weighted by molar-refractivity contribution is 14.1. The number of halogens is 1. The molecule has 1 amide bonds. The number of hydrogen-bond acceptors (Lipinski definition) is 2. The SMILES string of the molecule is O=C(COc1cccc2ccccc12)Nc1cccc(I)c1. The minimum Gasteiger partial charge on any atom is -0.483 e. The zero-order valence-corrected chi connectivity index (χ0v) is 13.9. The highest BCUT2D eigenvalue weighted by atomic mass is 127. The van der Waals surface area contributed by atoms with Crippen molar-refractivity contribution in [3.05, 3.63) is 70.3 Å². The largest absolute Gasteiger partial charge is 0.483 e. The molecular formula is C18H14INO2. The zero-order chi connectivity index (χ0) is 15.4. The number of hydrogen-bond donors (Lipinski definition) is 1. The summed E-state index contributed by atoms with van der Waals surface area (Å²) in [5.74, 6) is 0.547. The number of carbonyl (C=O) groups is 1. The fourth-order valence-electron chi connectivity index (χ4n) is 2.23. The maximum absolute atomic E-state index is 12.0. The lowest BCUT2D eigenvalue weighted by atomic mass is 10.1. The predicted molar refractivity (Wildman–Crippen MR) is 97.2 cm³/mol. The molecule has 0 saturated carbocycles. The third-order valence-electron chi connectivity index (χ3n) is 3.22. The molecule has 0 spiro atoms. The molecule has 0 heterocycles. The molecule has 110 valence electrons. The van der Waals surface area contributed by atoms with Crippen LogP contribution in [0, 0.1) is 3.57 Å². The van der Waals surface area contributed by atoms with Gasteiger partial charge in [0.05, 0.1) is 0 Å². The van der Waals surface area contributed by atoms with Crippen LogP contribution < -0.4 is 10.1 Å². The molecule has 0 aliphatic carbocycles. The summed E-state index contributed by atoms with van der Waals surface area (Å²) in [6, 6.07) is 21.4. The molecule has 0 unspecified atom stereocenters. The monoisotopic (exact) mass is 403 g/mol. The van der Waals surface area contributed by atoms with E-state index in [-0.39, 0.29) is 12.5 Å². The summed E-state index contributed by atoms with van der Waals surface area (Å²) in [5.41, 5.74) is 0.776. The first-order chi connectivity index (χ1) is 10.7. The quantitative estimate of drug-likeness (QED) is 0.654. The van der Waals surface area contributed by atoms with Gasteiger partial charge < -0.3 is 10.1 Å². The van der Waals surface area contributed by atoms with Crippen molar-refractivity contribution in [3.63, 3.8) is 0 Å². The Balaban J connectivity index is 1.68. The van der Waals surface area contributed by atoms with Gasteiger partial charge in [-0.25, -0.2) is 0 Å². The molecular weight excluding hydrogens is 389 g/mol. The number of amides is 1. The topological polar surface area (TPSA) is 38.3 Å². The van der Waals surface area contributed by atoms with Crippen molar-refractivity contribution >= 4 is 45.0 Å². The summed E-state index contributed by atoms with van der Waals surface area (Å²) >= 11 is 2.21. The van der Waals surface area contributed by atoms with Gasteiger partial charge in [0, 0.05) is 14.6 Å². The van der Waals surface area contributed by atoms with Crippen LogP contribution in [0.1, 0.15) is 0 Å². The van der Waals surface area contributed by atoms with Crippen molar-refractivity contribution < 1.29 is 9.53 Å². The molecule has 22 heavy (non-hydrogen) atoms. The Morgan fingerprint density at radius 2 is 1.77 bits per heavy atom. The molecule has 0 fully saturated rings. The van der Waals surface area contributed by atoms with E-state index >= 15 is 0 Å². The predicted octanol–water partition coefficient (Wildman–Crippen LogP) is 4.46. The van der Waals surface area contributed by atoms with E-state index in [4.69, 9.17) is 4.74 Å². The Labute approximate surface area is 142 Å². The normalized spacial score (nSPS) is 10.4. The minimum absolute atomic E-state index is 0.0144. The number of fused-ring (bicyclic) bond motifs is 1. The van der Waals surface area contributed by atoms with Crippen LogP contribution in [0.2, 0.25) is 0 Å². The van der Waals surface area contributed by atoms with Crippen molar-refractivity contribution in [3.8, 4) is 5.75 Å². The van der Waals surface area contributed by atoms with Crippen LogP contribution in [0.25, 0.3) is 10.8 Å². The van der Waals surface area contributed by atoms with Crippen LogP contribution in [0.4, 0.5) is 5.69 Å². The van der Waals surface area contributed by atoms with Gasteiger partial charge in [-0.15, -0.1) is 0 Å². The van der Waals surface area contributed by atoms with Crippen LogP contribution in [0.3, 0.4) is 0 Å². The number of carbonyl (C=O) groups excluding carboxylic acids is 1. The minimum atomic E-state index is -0.171. The van der Waals surface area contributed by atoms with Crippen molar-refractivity contribution in [2.45, 2.75) is 0 Å². The number of ether oxygens (including phenoxy) is 1. The second kappa shape index (κ2) is 6.79. The molecule has 3 aromatic carbocycles. The van der Waals surface area contributed by atoms with Gasteiger partial charge in [-0.3, -0.25) is 4.79 Å². The third-order valence-corrected chi connectivity index (χ3v) is 3.89. The van der Waals surface area contributed by atoms with Gasteiger partial charge >= 0.3 is 0 Å². The van der Waals surface area contributed by atoms with Gasteiger partial charge in [-0.2, -0.15) is 0 Å². The van der Waals surface area contributed by atoms with Crippen molar-refractivity contribution in [1.29, 1.82) is 0 Å². The van der Waals surface area contributed by atoms with Gasteiger partial charge in [0.15, 0.2) is 6.61 Å². The smallest absolute Gasteiger partial charge is 0.262 e. The highest BCUT2D eigenvalue weighted by Gasteiger charge is 2.06. The average Bonchev–Trinajstić information content (AvgIpc) is 2.53. The molecule has 3 rings (SSSR count). The van der Waals surface area contributed by atoms with E-state index in [0.29, 0.717) is 0 Å². The molecule has 0 aromatic heterocycles. The van der Waals surface area contributed by atoms with E-state index < -0.39 is 0 Å². The molecule has 0 aliphatic heterocycles. The summed E-state index contributed by atoms with van der Waals surface area (Å²) in [6.45, 7) is -0.0144. The van der Waals surface area contributed by atoms with E-state index in [0.717, 1.165) is 25.8 Å². The first-order valence-electron chi connectivity index (χ1n) is 6.88. The molecule has 3 nitrogen and oxygen atoms in total. The molecule has 0 radical (unpaired) electrons. The van der Waals surface area contributed by atoms with Gasteiger partial charge in [0.2, 0.25) is 0 Å². The van der Waals surface area contributed by atoms with Crippen LogP contribution >= 0.6 is 22.6 Å². The number of benzene rings is 3. The Kier molecular flexibility index (Phi) is 4.58. The summed E-state index contributed by atoms with van der Waals surface area (Å²) in [4.78, 5) is 12.0. The van der Waals surface area contributed by atoms with Gasteiger partial charge in [-0.1, -0.05) is 42.5 Å². The molecule has 0 aliphatic rings. The molecule has 0 atom stereocenters. The van der Waals surface area contributed by atoms with Gasteiger partial charge in [-0.05, 0) is 52.2 Å². The van der Waals surface area contributed by atoms with Crippen molar-refractivity contribution in [2.75, 3.05) is 11.9 Å². The first-order valence-corrected chi connectivity index (χ1v) is 7.96. The molecule has 1 N–H and O–H groups in total. The van der Waals surface area contributed by atoms with Crippen LogP contribution in [0.5, 0.6) is 5.75 Å². The Hall–Kier alpha value is -2.08. The molecule has 3 aromatic rings. The maximum atomic E-state index is 12.0. The first kappa shape index (κ1) is 14.8. The van der Waals surface area contributed by atoms with Gasteiger partial charge in [0.1, 0.15) is 5.75 Å².